The van der Waals surface area contributed by atoms with Crippen LogP contribution in [0.3, 0.4) is 0 Å². The van der Waals surface area contributed by atoms with Crippen LogP contribution in [0.5, 0.6) is 11.5 Å². The highest BCUT2D eigenvalue weighted by Crippen LogP contribution is 2.39. The summed E-state index contributed by atoms with van der Waals surface area (Å²) in [5, 5.41) is 6.12. The average molecular weight is 543 g/mol. The lowest BCUT2D eigenvalue weighted by Crippen LogP contribution is -2.19. The number of halogens is 1. The van der Waals surface area contributed by atoms with Crippen LogP contribution in [0.4, 0.5) is 5.69 Å². The lowest BCUT2D eigenvalue weighted by Gasteiger charge is -2.15. The van der Waals surface area contributed by atoms with Crippen LogP contribution in [0.2, 0.25) is 5.02 Å². The quantitative estimate of drug-likeness (QED) is 0.230. The summed E-state index contributed by atoms with van der Waals surface area (Å²) in [7, 11) is 0. The molecule has 1 fully saturated rings. The number of ether oxygens (including phenoxy) is 2. The largest absolute Gasteiger partial charge is 0.490 e. The van der Waals surface area contributed by atoms with Crippen molar-refractivity contribution in [2.45, 2.75) is 26.9 Å². The first-order valence-electron chi connectivity index (χ1n) is 12.5. The molecular formula is C31H27ClN2O3S. The first kappa shape index (κ1) is 25.9. The highest BCUT2D eigenvalue weighted by atomic mass is 35.5. The van der Waals surface area contributed by atoms with Gasteiger partial charge in [-0.1, -0.05) is 67.1 Å². The Hall–Kier alpha value is -3.74. The van der Waals surface area contributed by atoms with Crippen molar-refractivity contribution >= 4 is 57.0 Å². The molecule has 1 amide bonds. The molecule has 4 aromatic carbocycles. The van der Waals surface area contributed by atoms with E-state index < -0.39 is 0 Å². The van der Waals surface area contributed by atoms with Gasteiger partial charge >= 0.3 is 0 Å². The number of amidine groups is 1. The third-order valence-corrected chi connectivity index (χ3v) is 7.24. The van der Waals surface area contributed by atoms with E-state index in [-0.39, 0.29) is 5.91 Å². The van der Waals surface area contributed by atoms with Crippen molar-refractivity contribution < 1.29 is 14.3 Å². The lowest BCUT2D eigenvalue weighted by molar-refractivity contribution is -0.115. The lowest BCUT2D eigenvalue weighted by atomic mass is 10.1. The van der Waals surface area contributed by atoms with E-state index in [9.17, 15) is 4.79 Å². The number of hydrogen-bond donors (Lipinski definition) is 1. The van der Waals surface area contributed by atoms with Crippen LogP contribution < -0.4 is 14.8 Å². The number of carbonyl (C=O) groups excluding carboxylic acids is 1. The summed E-state index contributed by atoms with van der Waals surface area (Å²) in [5.41, 5.74) is 3.80. The van der Waals surface area contributed by atoms with Gasteiger partial charge in [0.25, 0.3) is 5.91 Å². The molecule has 0 bridgehead atoms. The van der Waals surface area contributed by atoms with Crippen molar-refractivity contribution in [2.75, 3.05) is 6.61 Å². The van der Waals surface area contributed by atoms with Gasteiger partial charge in [0.15, 0.2) is 16.7 Å². The molecule has 38 heavy (non-hydrogen) atoms. The van der Waals surface area contributed by atoms with Crippen molar-refractivity contribution in [3.63, 3.8) is 0 Å². The SMILES string of the molecule is CCOc1cc(/C=C2\SC(=Nc3ccc(CC)cc3)NC2=O)cc(Cl)c1OCc1ccc2ccccc2c1. The Morgan fingerprint density at radius 3 is 2.45 bits per heavy atom. The molecule has 5 nitrogen and oxygen atoms in total. The van der Waals surface area contributed by atoms with Gasteiger partial charge in [0, 0.05) is 0 Å². The van der Waals surface area contributed by atoms with Gasteiger partial charge in [-0.15, -0.1) is 0 Å². The Morgan fingerprint density at radius 1 is 0.921 bits per heavy atom. The summed E-state index contributed by atoms with van der Waals surface area (Å²) in [4.78, 5) is 17.7. The molecule has 1 aliphatic heterocycles. The molecule has 1 N–H and O–H groups in total. The standard InChI is InChI=1S/C31H27ClN2O3S/c1-3-20-10-13-25(14-11-20)33-31-34-30(35)28(38-31)18-22-16-26(32)29(27(17-22)36-4-2)37-19-21-9-12-23-7-5-6-8-24(23)15-21/h5-18H,3-4,19H2,1-2H3,(H,33,34,35)/b28-18-. The average Bonchev–Trinajstić information content (AvgIpc) is 3.26. The van der Waals surface area contributed by atoms with Gasteiger partial charge in [-0.25, -0.2) is 4.99 Å². The van der Waals surface area contributed by atoms with Gasteiger partial charge in [-0.05, 0) is 89.0 Å². The smallest absolute Gasteiger partial charge is 0.264 e. The molecule has 1 saturated heterocycles. The van der Waals surface area contributed by atoms with Gasteiger partial charge in [-0.3, -0.25) is 4.79 Å². The zero-order chi connectivity index (χ0) is 26.5. The second-order valence-electron chi connectivity index (χ2n) is 8.73. The van der Waals surface area contributed by atoms with Crippen LogP contribution in [0.15, 0.2) is 88.8 Å². The highest BCUT2D eigenvalue weighted by Gasteiger charge is 2.24. The van der Waals surface area contributed by atoms with Gasteiger partial charge in [0.2, 0.25) is 0 Å². The number of nitrogens with zero attached hydrogens (tertiary/aromatic N) is 1. The Balaban J connectivity index is 1.35. The Morgan fingerprint density at radius 2 is 1.68 bits per heavy atom. The summed E-state index contributed by atoms with van der Waals surface area (Å²) in [5.74, 6) is 0.802. The van der Waals surface area contributed by atoms with Crippen LogP contribution in [0.25, 0.3) is 16.8 Å². The van der Waals surface area contributed by atoms with Crippen LogP contribution in [-0.4, -0.2) is 17.7 Å². The molecule has 0 saturated carbocycles. The number of amides is 1. The minimum absolute atomic E-state index is 0.204. The molecule has 7 heteroatoms. The topological polar surface area (TPSA) is 59.9 Å². The van der Waals surface area contributed by atoms with Crippen LogP contribution in [-0.2, 0) is 17.8 Å². The first-order chi connectivity index (χ1) is 18.5. The number of thioether (sulfide) groups is 1. The number of rotatable bonds is 8. The molecule has 0 unspecified atom stereocenters. The van der Waals surface area contributed by atoms with Crippen molar-refractivity contribution in [1.29, 1.82) is 0 Å². The number of fused-ring (bicyclic) bond motifs is 1. The van der Waals surface area contributed by atoms with E-state index in [4.69, 9.17) is 21.1 Å². The molecule has 0 spiro atoms. The second-order valence-corrected chi connectivity index (χ2v) is 10.2. The van der Waals surface area contributed by atoms with Gasteiger partial charge in [0.05, 0.1) is 22.2 Å². The predicted molar refractivity (Wildman–Crippen MR) is 158 cm³/mol. The summed E-state index contributed by atoms with van der Waals surface area (Å²) < 4.78 is 12.0. The molecule has 0 radical (unpaired) electrons. The summed E-state index contributed by atoms with van der Waals surface area (Å²) >= 11 is 7.94. The first-order valence-corrected chi connectivity index (χ1v) is 13.7. The molecule has 0 aliphatic carbocycles. The monoisotopic (exact) mass is 542 g/mol. The van der Waals surface area contributed by atoms with E-state index in [0.717, 1.165) is 28.6 Å². The Kier molecular flexibility index (Phi) is 8.01. The maximum atomic E-state index is 12.6. The Bertz CT molecular complexity index is 1550. The predicted octanol–water partition coefficient (Wildman–Crippen LogP) is 7.92. The van der Waals surface area contributed by atoms with E-state index in [1.54, 1.807) is 12.1 Å². The van der Waals surface area contributed by atoms with Gasteiger partial charge in [-0.2, -0.15) is 0 Å². The molecule has 5 rings (SSSR count). The van der Waals surface area contributed by atoms with Crippen molar-refractivity contribution in [2.24, 2.45) is 4.99 Å². The molecule has 1 aliphatic rings. The van der Waals surface area contributed by atoms with Gasteiger partial charge < -0.3 is 14.8 Å². The minimum Gasteiger partial charge on any atom is -0.490 e. The number of hydrogen-bond acceptors (Lipinski definition) is 5. The van der Waals surface area contributed by atoms with E-state index in [1.807, 2.05) is 55.5 Å². The molecule has 1 heterocycles. The number of carbonyl (C=O) groups is 1. The van der Waals surface area contributed by atoms with Crippen molar-refractivity contribution in [3.8, 4) is 11.5 Å². The summed E-state index contributed by atoms with van der Waals surface area (Å²) in [6.45, 7) is 4.81. The van der Waals surface area contributed by atoms with E-state index >= 15 is 0 Å². The molecule has 0 aromatic heterocycles. The van der Waals surface area contributed by atoms with Crippen LogP contribution in [0.1, 0.15) is 30.5 Å². The normalized spacial score (nSPS) is 15.3. The van der Waals surface area contributed by atoms with E-state index in [2.05, 4.69) is 41.5 Å². The number of aliphatic imine (C=N–C) groups is 1. The van der Waals surface area contributed by atoms with Crippen molar-refractivity contribution in [3.05, 3.63) is 105 Å². The zero-order valence-corrected chi connectivity index (χ0v) is 22.7. The fraction of sp³-hybridized carbons (Fsp3) is 0.161. The molecular weight excluding hydrogens is 516 g/mol. The maximum absolute atomic E-state index is 12.6. The van der Waals surface area contributed by atoms with E-state index in [0.29, 0.717) is 39.8 Å². The van der Waals surface area contributed by atoms with E-state index in [1.165, 1.54) is 22.7 Å². The third-order valence-electron chi connectivity index (χ3n) is 6.05. The highest BCUT2D eigenvalue weighted by molar-refractivity contribution is 8.18. The molecule has 192 valence electrons. The molecule has 4 aromatic rings. The van der Waals surface area contributed by atoms with Crippen LogP contribution in [0, 0.1) is 0 Å². The number of nitrogens with one attached hydrogen (secondary N) is 1. The molecule has 0 atom stereocenters. The third kappa shape index (κ3) is 6.04. The van der Waals surface area contributed by atoms with Crippen molar-refractivity contribution in [1.82, 2.24) is 5.32 Å². The second kappa shape index (κ2) is 11.8. The fourth-order valence-corrected chi connectivity index (χ4v) is 5.23. The summed E-state index contributed by atoms with van der Waals surface area (Å²) in [6.07, 6.45) is 2.75. The minimum atomic E-state index is -0.204. The van der Waals surface area contributed by atoms with Gasteiger partial charge in [0.1, 0.15) is 6.61 Å². The maximum Gasteiger partial charge on any atom is 0.264 e. The number of aryl methyl sites for hydroxylation is 1. The fourth-order valence-electron chi connectivity index (χ4n) is 4.11. The Labute approximate surface area is 231 Å². The summed E-state index contributed by atoms with van der Waals surface area (Å²) in [6, 6.07) is 26.0. The van der Waals surface area contributed by atoms with Crippen LogP contribution >= 0.6 is 23.4 Å². The zero-order valence-electron chi connectivity index (χ0n) is 21.2. The number of benzene rings is 4.